The number of rotatable bonds is 6. The van der Waals surface area contributed by atoms with E-state index in [0.717, 1.165) is 22.6 Å². The van der Waals surface area contributed by atoms with Gasteiger partial charge in [-0.25, -0.2) is 0 Å². The van der Waals surface area contributed by atoms with Crippen molar-refractivity contribution in [1.29, 1.82) is 0 Å². The molecule has 1 atom stereocenters. The van der Waals surface area contributed by atoms with Crippen molar-refractivity contribution in [2.24, 2.45) is 5.73 Å². The number of ether oxygens (including phenoxy) is 2. The molecule has 0 radical (unpaired) electrons. The van der Waals surface area contributed by atoms with Crippen molar-refractivity contribution in [2.45, 2.75) is 19.4 Å². The smallest absolute Gasteiger partial charge is 0.161 e. The van der Waals surface area contributed by atoms with Crippen molar-refractivity contribution in [3.05, 3.63) is 59.7 Å². The van der Waals surface area contributed by atoms with E-state index in [9.17, 15) is 0 Å². The lowest BCUT2D eigenvalue weighted by Crippen LogP contribution is -2.09. The van der Waals surface area contributed by atoms with Crippen molar-refractivity contribution in [3.8, 4) is 11.5 Å². The minimum absolute atomic E-state index is 0.306. The van der Waals surface area contributed by atoms with Gasteiger partial charge in [0.2, 0.25) is 0 Å². The van der Waals surface area contributed by atoms with Crippen LogP contribution in [0.3, 0.4) is 0 Å². The van der Waals surface area contributed by atoms with Crippen molar-refractivity contribution in [3.63, 3.8) is 0 Å². The maximum Gasteiger partial charge on any atom is 0.161 e. The highest BCUT2D eigenvalue weighted by atomic mass is 16.5. The molecule has 0 saturated heterocycles. The van der Waals surface area contributed by atoms with Crippen molar-refractivity contribution < 1.29 is 9.47 Å². The van der Waals surface area contributed by atoms with Crippen LogP contribution >= 0.6 is 0 Å². The summed E-state index contributed by atoms with van der Waals surface area (Å²) in [5, 5.41) is 0. The van der Waals surface area contributed by atoms with Crippen LogP contribution in [-0.4, -0.2) is 13.7 Å². The van der Waals surface area contributed by atoms with Gasteiger partial charge in [0.1, 0.15) is 6.61 Å². The molecule has 0 amide bonds. The first kappa shape index (κ1) is 14.4. The normalized spacial score (nSPS) is 11.9. The molecule has 20 heavy (non-hydrogen) atoms. The van der Waals surface area contributed by atoms with Crippen LogP contribution in [0.1, 0.15) is 24.0 Å². The molecule has 0 aliphatic heterocycles. The standard InChI is InChI=1S/C17H21NO2/c1-13(11-18)15-8-9-16(19-2)17(10-15)20-12-14-6-4-3-5-7-14/h3-10,13H,11-12,18H2,1-2H3. The van der Waals surface area contributed by atoms with Crippen LogP contribution in [-0.2, 0) is 6.61 Å². The lowest BCUT2D eigenvalue weighted by atomic mass is 10.0. The Bertz CT molecular complexity index is 540. The van der Waals surface area contributed by atoms with Crippen molar-refractivity contribution >= 4 is 0 Å². The van der Waals surface area contributed by atoms with Gasteiger partial charge in [0.25, 0.3) is 0 Å². The zero-order chi connectivity index (χ0) is 14.4. The predicted molar refractivity (Wildman–Crippen MR) is 81.2 cm³/mol. The molecular formula is C17H21NO2. The first-order valence-corrected chi connectivity index (χ1v) is 6.79. The van der Waals surface area contributed by atoms with Crippen LogP contribution in [0.15, 0.2) is 48.5 Å². The van der Waals surface area contributed by atoms with Gasteiger partial charge in [-0.1, -0.05) is 43.3 Å². The quantitative estimate of drug-likeness (QED) is 0.876. The molecule has 3 nitrogen and oxygen atoms in total. The number of nitrogens with two attached hydrogens (primary N) is 1. The number of hydrogen-bond acceptors (Lipinski definition) is 3. The topological polar surface area (TPSA) is 44.5 Å². The molecule has 0 heterocycles. The summed E-state index contributed by atoms with van der Waals surface area (Å²) >= 11 is 0. The molecule has 0 spiro atoms. The SMILES string of the molecule is COc1ccc(C(C)CN)cc1OCc1ccccc1. The summed E-state index contributed by atoms with van der Waals surface area (Å²) in [7, 11) is 1.65. The molecule has 2 N–H and O–H groups in total. The molecule has 0 aromatic heterocycles. The lowest BCUT2D eigenvalue weighted by molar-refractivity contribution is 0.284. The summed E-state index contributed by atoms with van der Waals surface area (Å²) in [5.41, 5.74) is 8.01. The maximum atomic E-state index is 5.88. The fraction of sp³-hybridized carbons (Fsp3) is 0.294. The fourth-order valence-corrected chi connectivity index (χ4v) is 1.98. The van der Waals surface area contributed by atoms with Crippen LogP contribution in [0.5, 0.6) is 11.5 Å². The van der Waals surface area contributed by atoms with Crippen molar-refractivity contribution in [1.82, 2.24) is 0 Å². The molecule has 2 aromatic carbocycles. The van der Waals surface area contributed by atoms with Gasteiger partial charge in [-0.05, 0) is 35.7 Å². The van der Waals surface area contributed by atoms with Gasteiger partial charge < -0.3 is 15.2 Å². The van der Waals surface area contributed by atoms with Crippen molar-refractivity contribution in [2.75, 3.05) is 13.7 Å². The van der Waals surface area contributed by atoms with E-state index in [4.69, 9.17) is 15.2 Å². The number of methoxy groups -OCH3 is 1. The van der Waals surface area contributed by atoms with E-state index in [-0.39, 0.29) is 0 Å². The molecule has 0 aliphatic carbocycles. The van der Waals surface area contributed by atoms with Crippen LogP contribution in [0.25, 0.3) is 0 Å². The van der Waals surface area contributed by atoms with E-state index in [1.54, 1.807) is 7.11 Å². The van der Waals surface area contributed by atoms with Gasteiger partial charge in [0, 0.05) is 0 Å². The second kappa shape index (κ2) is 6.96. The van der Waals surface area contributed by atoms with Gasteiger partial charge in [-0.15, -0.1) is 0 Å². The molecule has 0 fully saturated rings. The molecule has 0 aliphatic rings. The summed E-state index contributed by atoms with van der Waals surface area (Å²) in [6, 6.07) is 16.1. The summed E-state index contributed by atoms with van der Waals surface area (Å²) < 4.78 is 11.2. The van der Waals surface area contributed by atoms with Crippen LogP contribution in [0.2, 0.25) is 0 Å². The predicted octanol–water partition coefficient (Wildman–Crippen LogP) is 3.34. The maximum absolute atomic E-state index is 5.88. The second-order valence-electron chi connectivity index (χ2n) is 4.82. The molecule has 106 valence electrons. The fourth-order valence-electron chi connectivity index (χ4n) is 1.98. The molecular weight excluding hydrogens is 250 g/mol. The first-order chi connectivity index (χ1) is 9.74. The van der Waals surface area contributed by atoms with E-state index in [1.165, 1.54) is 0 Å². The van der Waals surface area contributed by atoms with Gasteiger partial charge in [0.05, 0.1) is 7.11 Å². The van der Waals surface area contributed by atoms with E-state index in [1.807, 2.05) is 48.5 Å². The van der Waals surface area contributed by atoms with Gasteiger partial charge in [-0.3, -0.25) is 0 Å². The van der Waals surface area contributed by atoms with E-state index >= 15 is 0 Å². The third-order valence-electron chi connectivity index (χ3n) is 3.35. The molecule has 0 bridgehead atoms. The first-order valence-electron chi connectivity index (χ1n) is 6.79. The summed E-state index contributed by atoms with van der Waals surface area (Å²) in [4.78, 5) is 0. The minimum Gasteiger partial charge on any atom is -0.493 e. The van der Waals surface area contributed by atoms with Crippen LogP contribution in [0, 0.1) is 0 Å². The molecule has 0 saturated carbocycles. The molecule has 1 unspecified atom stereocenters. The third kappa shape index (κ3) is 3.52. The van der Waals surface area contributed by atoms with Crippen LogP contribution < -0.4 is 15.2 Å². The zero-order valence-corrected chi connectivity index (χ0v) is 12.0. The van der Waals surface area contributed by atoms with Gasteiger partial charge >= 0.3 is 0 Å². The van der Waals surface area contributed by atoms with Crippen LogP contribution in [0.4, 0.5) is 0 Å². The van der Waals surface area contributed by atoms with E-state index in [2.05, 4.69) is 6.92 Å². The summed E-state index contributed by atoms with van der Waals surface area (Å²) in [6.45, 7) is 3.24. The van der Waals surface area contributed by atoms with E-state index < -0.39 is 0 Å². The third-order valence-corrected chi connectivity index (χ3v) is 3.35. The Morgan fingerprint density at radius 2 is 1.80 bits per heavy atom. The number of hydrogen-bond donors (Lipinski definition) is 1. The highest BCUT2D eigenvalue weighted by Gasteiger charge is 2.10. The average molecular weight is 271 g/mol. The Hall–Kier alpha value is -2.00. The Balaban J connectivity index is 2.16. The Kier molecular flexibility index (Phi) is 5.02. The van der Waals surface area contributed by atoms with Gasteiger partial charge in [0.15, 0.2) is 11.5 Å². The minimum atomic E-state index is 0.306. The second-order valence-corrected chi connectivity index (χ2v) is 4.82. The highest BCUT2D eigenvalue weighted by Crippen LogP contribution is 2.31. The molecule has 2 rings (SSSR count). The average Bonchev–Trinajstić information content (AvgIpc) is 2.52. The molecule has 3 heteroatoms. The summed E-state index contributed by atoms with van der Waals surface area (Å²) in [6.07, 6.45) is 0. The Morgan fingerprint density at radius 3 is 2.45 bits per heavy atom. The largest absolute Gasteiger partial charge is 0.493 e. The summed E-state index contributed by atoms with van der Waals surface area (Å²) in [5.74, 6) is 1.81. The zero-order valence-electron chi connectivity index (χ0n) is 12.0. The highest BCUT2D eigenvalue weighted by molar-refractivity contribution is 5.44. The Labute approximate surface area is 120 Å². The lowest BCUT2D eigenvalue weighted by Gasteiger charge is -2.15. The van der Waals surface area contributed by atoms with E-state index in [0.29, 0.717) is 19.1 Å². The van der Waals surface area contributed by atoms with Gasteiger partial charge in [-0.2, -0.15) is 0 Å². The molecule has 2 aromatic rings. The number of benzene rings is 2. The monoisotopic (exact) mass is 271 g/mol. The Morgan fingerprint density at radius 1 is 1.05 bits per heavy atom.